The number of para-hydroxylation sites is 2. The molecule has 2 aliphatic rings. The molecule has 2 heterocycles. The van der Waals surface area contributed by atoms with Crippen LogP contribution in [0.15, 0.2) is 47.5 Å². The zero-order chi connectivity index (χ0) is 22.0. The Kier molecular flexibility index (Phi) is 5.79. The summed E-state index contributed by atoms with van der Waals surface area (Å²) in [6.07, 6.45) is -0.247. The number of benzene rings is 2. The number of fused-ring (bicyclic) bond motifs is 2. The minimum absolute atomic E-state index is 0.0953. The van der Waals surface area contributed by atoms with Gasteiger partial charge in [0.25, 0.3) is 0 Å². The summed E-state index contributed by atoms with van der Waals surface area (Å²) in [5.74, 6) is 2.11. The molecule has 8 nitrogen and oxygen atoms in total. The van der Waals surface area contributed by atoms with Gasteiger partial charge in [-0.2, -0.15) is 0 Å². The molecular weight excluding hydrogens is 398 g/mol. The third-order valence-corrected chi connectivity index (χ3v) is 5.51. The molecule has 4 rings (SSSR count). The Bertz CT molecular complexity index is 1040. The van der Waals surface area contributed by atoms with Gasteiger partial charge in [0.05, 0.1) is 19.8 Å². The van der Waals surface area contributed by atoms with E-state index in [0.29, 0.717) is 36.9 Å². The smallest absolute Gasteiger partial charge is 0.315 e. The van der Waals surface area contributed by atoms with Gasteiger partial charge in [-0.05, 0) is 37.3 Å². The van der Waals surface area contributed by atoms with Crippen LogP contribution in [0.1, 0.15) is 18.9 Å². The van der Waals surface area contributed by atoms with Gasteiger partial charge in [-0.1, -0.05) is 12.1 Å². The van der Waals surface area contributed by atoms with Crippen LogP contribution in [-0.2, 0) is 14.3 Å². The molecule has 162 valence electrons. The number of carbonyl (C=O) groups is 2. The van der Waals surface area contributed by atoms with Crippen molar-refractivity contribution in [3.63, 3.8) is 0 Å². The summed E-state index contributed by atoms with van der Waals surface area (Å²) < 4.78 is 16.2. The Hall–Kier alpha value is -3.55. The van der Waals surface area contributed by atoms with E-state index in [2.05, 4.69) is 9.64 Å². The zero-order valence-corrected chi connectivity index (χ0v) is 17.8. The summed E-state index contributed by atoms with van der Waals surface area (Å²) in [6, 6.07) is 13.2. The van der Waals surface area contributed by atoms with Gasteiger partial charge >= 0.3 is 5.97 Å². The Morgan fingerprint density at radius 1 is 1.13 bits per heavy atom. The van der Waals surface area contributed by atoms with E-state index in [1.165, 1.54) is 7.11 Å². The molecule has 1 fully saturated rings. The minimum Gasteiger partial charge on any atom is -0.497 e. The fourth-order valence-corrected chi connectivity index (χ4v) is 3.89. The number of aliphatic imine (C=N–C) groups is 1. The molecule has 0 radical (unpaired) electrons. The zero-order valence-electron chi connectivity index (χ0n) is 17.8. The van der Waals surface area contributed by atoms with Gasteiger partial charge in [0, 0.05) is 25.7 Å². The quantitative estimate of drug-likeness (QED) is 0.558. The lowest BCUT2D eigenvalue weighted by molar-refractivity contribution is -0.148. The van der Waals surface area contributed by atoms with Crippen molar-refractivity contribution in [2.45, 2.75) is 19.4 Å². The Morgan fingerprint density at radius 2 is 1.94 bits per heavy atom. The normalized spacial score (nSPS) is 17.5. The lowest BCUT2D eigenvalue weighted by Crippen LogP contribution is -2.55. The molecule has 1 saturated heterocycles. The van der Waals surface area contributed by atoms with Crippen LogP contribution in [0.3, 0.4) is 0 Å². The van der Waals surface area contributed by atoms with Gasteiger partial charge in [-0.25, -0.2) is 4.99 Å². The third kappa shape index (κ3) is 4.19. The molecule has 8 heteroatoms. The number of ether oxygens (including phenoxy) is 3. The maximum atomic E-state index is 12.5. The van der Waals surface area contributed by atoms with Crippen molar-refractivity contribution >= 4 is 23.4 Å². The number of amides is 1. The number of amidine groups is 1. The molecule has 0 bridgehead atoms. The molecule has 0 spiro atoms. The molecule has 2 aliphatic heterocycles. The maximum Gasteiger partial charge on any atom is 0.315 e. The number of esters is 1. The molecule has 1 unspecified atom stereocenters. The van der Waals surface area contributed by atoms with Crippen LogP contribution in [-0.4, -0.2) is 67.4 Å². The van der Waals surface area contributed by atoms with E-state index in [-0.39, 0.29) is 18.4 Å². The Morgan fingerprint density at radius 3 is 2.68 bits per heavy atom. The van der Waals surface area contributed by atoms with E-state index < -0.39 is 5.97 Å². The van der Waals surface area contributed by atoms with Gasteiger partial charge in [-0.15, -0.1) is 0 Å². The summed E-state index contributed by atoms with van der Waals surface area (Å²) in [7, 11) is 2.91. The second-order valence-corrected chi connectivity index (χ2v) is 7.50. The summed E-state index contributed by atoms with van der Waals surface area (Å²) in [4.78, 5) is 32.8. The van der Waals surface area contributed by atoms with Crippen LogP contribution in [0.25, 0.3) is 0 Å². The van der Waals surface area contributed by atoms with Crippen LogP contribution in [0, 0.1) is 0 Å². The first kappa shape index (κ1) is 20.7. The van der Waals surface area contributed by atoms with Crippen molar-refractivity contribution in [3.05, 3.63) is 48.0 Å². The van der Waals surface area contributed by atoms with E-state index in [4.69, 9.17) is 14.5 Å². The van der Waals surface area contributed by atoms with Gasteiger partial charge < -0.3 is 24.0 Å². The standard InChI is InChI=1S/C23H25N3O5/c1-15-14-25(10-11-26(15)21(27)13-22(28)30-3)23-17-12-16(29-2)8-9-19(17)31-20-7-5-4-6-18(20)24-23/h4-9,12,15H,10-11,13-14H2,1-3H3. The summed E-state index contributed by atoms with van der Waals surface area (Å²) >= 11 is 0. The highest BCUT2D eigenvalue weighted by Crippen LogP contribution is 2.39. The van der Waals surface area contributed by atoms with Crippen LogP contribution in [0.4, 0.5) is 5.69 Å². The van der Waals surface area contributed by atoms with Crippen LogP contribution >= 0.6 is 0 Å². The maximum absolute atomic E-state index is 12.5. The topological polar surface area (TPSA) is 80.7 Å². The summed E-state index contributed by atoms with van der Waals surface area (Å²) in [5, 5.41) is 0. The van der Waals surface area contributed by atoms with Crippen molar-refractivity contribution in [3.8, 4) is 17.2 Å². The first-order valence-electron chi connectivity index (χ1n) is 10.2. The molecule has 2 aromatic rings. The van der Waals surface area contributed by atoms with Crippen molar-refractivity contribution < 1.29 is 23.8 Å². The molecule has 0 saturated carbocycles. The highest BCUT2D eigenvalue weighted by molar-refractivity contribution is 6.04. The predicted octanol–water partition coefficient (Wildman–Crippen LogP) is 2.98. The molecular formula is C23H25N3O5. The number of piperazine rings is 1. The van der Waals surface area contributed by atoms with Crippen LogP contribution in [0.5, 0.6) is 17.2 Å². The van der Waals surface area contributed by atoms with Crippen LogP contribution in [0.2, 0.25) is 0 Å². The lowest BCUT2D eigenvalue weighted by Gasteiger charge is -2.41. The number of hydrogen-bond acceptors (Lipinski definition) is 7. The molecule has 0 aromatic heterocycles. The number of hydrogen-bond donors (Lipinski definition) is 0. The van der Waals surface area contributed by atoms with E-state index >= 15 is 0 Å². The highest BCUT2D eigenvalue weighted by Gasteiger charge is 2.32. The fraction of sp³-hybridized carbons (Fsp3) is 0.348. The van der Waals surface area contributed by atoms with Gasteiger partial charge in [0.2, 0.25) is 5.91 Å². The SMILES string of the molecule is COC(=O)CC(=O)N1CCN(C2=Nc3ccccc3Oc3ccc(OC)cc32)CC1C. The predicted molar refractivity (Wildman–Crippen MR) is 115 cm³/mol. The molecule has 31 heavy (non-hydrogen) atoms. The highest BCUT2D eigenvalue weighted by atomic mass is 16.5. The second-order valence-electron chi connectivity index (χ2n) is 7.50. The first-order valence-corrected chi connectivity index (χ1v) is 10.2. The van der Waals surface area contributed by atoms with Crippen LogP contribution < -0.4 is 9.47 Å². The molecule has 0 aliphatic carbocycles. The lowest BCUT2D eigenvalue weighted by atomic mass is 10.1. The largest absolute Gasteiger partial charge is 0.497 e. The Labute approximate surface area is 181 Å². The molecule has 1 amide bonds. The third-order valence-electron chi connectivity index (χ3n) is 5.51. The summed E-state index contributed by atoms with van der Waals surface area (Å²) in [6.45, 7) is 3.60. The van der Waals surface area contributed by atoms with E-state index in [0.717, 1.165) is 17.1 Å². The van der Waals surface area contributed by atoms with Crippen molar-refractivity contribution in [1.29, 1.82) is 0 Å². The Balaban J connectivity index is 1.65. The fourth-order valence-electron chi connectivity index (χ4n) is 3.89. The first-order chi connectivity index (χ1) is 15.0. The van der Waals surface area contributed by atoms with Crippen molar-refractivity contribution in [2.24, 2.45) is 4.99 Å². The van der Waals surface area contributed by atoms with Gasteiger partial charge in [0.1, 0.15) is 29.4 Å². The average molecular weight is 423 g/mol. The van der Waals surface area contributed by atoms with Crippen molar-refractivity contribution in [2.75, 3.05) is 33.9 Å². The number of rotatable bonds is 3. The van der Waals surface area contributed by atoms with E-state index in [9.17, 15) is 9.59 Å². The number of methoxy groups -OCH3 is 2. The molecule has 2 aromatic carbocycles. The van der Waals surface area contributed by atoms with Gasteiger partial charge in [0.15, 0.2) is 5.75 Å². The van der Waals surface area contributed by atoms with Gasteiger partial charge in [-0.3, -0.25) is 9.59 Å². The molecule has 0 N–H and O–H groups in total. The second kappa shape index (κ2) is 8.67. The average Bonchev–Trinajstić information content (AvgIpc) is 2.94. The monoisotopic (exact) mass is 423 g/mol. The molecule has 1 atom stereocenters. The summed E-state index contributed by atoms with van der Waals surface area (Å²) in [5.41, 5.74) is 1.57. The van der Waals surface area contributed by atoms with E-state index in [1.54, 1.807) is 12.0 Å². The van der Waals surface area contributed by atoms with E-state index in [1.807, 2.05) is 49.4 Å². The van der Waals surface area contributed by atoms with Crippen molar-refractivity contribution in [1.82, 2.24) is 9.80 Å². The minimum atomic E-state index is -0.525. The number of nitrogens with zero attached hydrogens (tertiary/aromatic N) is 3. The number of carbonyl (C=O) groups excluding carboxylic acids is 2.